The van der Waals surface area contributed by atoms with Crippen molar-refractivity contribution < 1.29 is 22.7 Å². The number of carbonyl (C=O) groups excluding carboxylic acids is 1. The molecule has 0 aromatic heterocycles. The van der Waals surface area contributed by atoms with Gasteiger partial charge in [0.25, 0.3) is 0 Å². The van der Waals surface area contributed by atoms with Crippen molar-refractivity contribution in [3.05, 3.63) is 23.8 Å². The zero-order chi connectivity index (χ0) is 19.2. The van der Waals surface area contributed by atoms with Gasteiger partial charge < -0.3 is 14.8 Å². The van der Waals surface area contributed by atoms with Crippen LogP contribution in [0.25, 0.3) is 0 Å². The Morgan fingerprint density at radius 3 is 2.54 bits per heavy atom. The average molecular weight is 384 g/mol. The van der Waals surface area contributed by atoms with Crippen molar-refractivity contribution in [3.8, 4) is 5.75 Å². The second-order valence-electron chi connectivity index (χ2n) is 6.45. The maximum absolute atomic E-state index is 12.9. The van der Waals surface area contributed by atoms with Gasteiger partial charge in [0.1, 0.15) is 5.75 Å². The summed E-state index contributed by atoms with van der Waals surface area (Å²) in [5.41, 5.74) is 0.655. The molecule has 1 heterocycles. The van der Waals surface area contributed by atoms with Gasteiger partial charge in [0.2, 0.25) is 15.9 Å². The highest BCUT2D eigenvalue weighted by Gasteiger charge is 2.32. The molecule has 7 nitrogen and oxygen atoms in total. The molecule has 26 heavy (non-hydrogen) atoms. The standard InChI is InChI=1S/C18H28N2O5S/c1-14-13-16(25-3)5-6-17(14)26(22,23)20-10-7-15(8-11-20)18(21)19-9-4-12-24-2/h5-6,13,15H,4,7-12H2,1-3H3,(H,19,21). The molecule has 1 aliphatic heterocycles. The maximum Gasteiger partial charge on any atom is 0.243 e. The Bertz CT molecular complexity index is 712. The van der Waals surface area contributed by atoms with Gasteiger partial charge in [0.05, 0.1) is 12.0 Å². The summed E-state index contributed by atoms with van der Waals surface area (Å²) in [7, 11) is -0.384. The molecule has 0 unspecified atom stereocenters. The van der Waals surface area contributed by atoms with Crippen molar-refractivity contribution in [2.75, 3.05) is 40.5 Å². The van der Waals surface area contributed by atoms with Gasteiger partial charge >= 0.3 is 0 Å². The molecule has 0 atom stereocenters. The predicted octanol–water partition coefficient (Wildman–Crippen LogP) is 1.56. The van der Waals surface area contributed by atoms with Crippen molar-refractivity contribution in [1.82, 2.24) is 9.62 Å². The van der Waals surface area contributed by atoms with Gasteiger partial charge in [-0.25, -0.2) is 8.42 Å². The maximum atomic E-state index is 12.9. The SMILES string of the molecule is COCCCNC(=O)C1CCN(S(=O)(=O)c2ccc(OC)cc2C)CC1. The fraction of sp³-hybridized carbons (Fsp3) is 0.611. The van der Waals surface area contributed by atoms with Crippen molar-refractivity contribution in [2.45, 2.75) is 31.1 Å². The van der Waals surface area contributed by atoms with Gasteiger partial charge in [0.15, 0.2) is 0 Å². The summed E-state index contributed by atoms with van der Waals surface area (Å²) in [5.74, 6) is 0.491. The molecular weight excluding hydrogens is 356 g/mol. The molecule has 0 saturated carbocycles. The number of benzene rings is 1. The third-order valence-electron chi connectivity index (χ3n) is 4.65. The van der Waals surface area contributed by atoms with Crippen LogP contribution >= 0.6 is 0 Å². The number of sulfonamides is 1. The number of nitrogens with zero attached hydrogens (tertiary/aromatic N) is 1. The predicted molar refractivity (Wildman–Crippen MR) is 98.7 cm³/mol. The van der Waals surface area contributed by atoms with Crippen LogP contribution in [0.5, 0.6) is 5.75 Å². The Labute approximate surface area is 155 Å². The number of amides is 1. The first kappa shape index (κ1) is 20.7. The summed E-state index contributed by atoms with van der Waals surface area (Å²) >= 11 is 0. The highest BCUT2D eigenvalue weighted by Crippen LogP contribution is 2.27. The largest absolute Gasteiger partial charge is 0.497 e. The fourth-order valence-electron chi connectivity index (χ4n) is 3.11. The fourth-order valence-corrected chi connectivity index (χ4v) is 4.78. The topological polar surface area (TPSA) is 84.9 Å². The molecule has 1 aromatic rings. The number of aryl methyl sites for hydroxylation is 1. The van der Waals surface area contributed by atoms with Crippen molar-refractivity contribution in [3.63, 3.8) is 0 Å². The van der Waals surface area contributed by atoms with Gasteiger partial charge in [0, 0.05) is 39.3 Å². The first-order valence-electron chi connectivity index (χ1n) is 8.81. The second kappa shape index (κ2) is 9.34. The first-order valence-corrected chi connectivity index (χ1v) is 10.3. The first-order chi connectivity index (χ1) is 12.4. The summed E-state index contributed by atoms with van der Waals surface area (Å²) in [5, 5.41) is 2.89. The highest BCUT2D eigenvalue weighted by molar-refractivity contribution is 7.89. The molecule has 2 rings (SSSR count). The normalized spacial score (nSPS) is 16.4. The number of methoxy groups -OCH3 is 2. The zero-order valence-corrected chi connectivity index (χ0v) is 16.5. The summed E-state index contributed by atoms with van der Waals surface area (Å²) in [6.07, 6.45) is 1.83. The second-order valence-corrected chi connectivity index (χ2v) is 8.35. The third kappa shape index (κ3) is 4.96. The summed E-state index contributed by atoms with van der Waals surface area (Å²) < 4.78 is 37.4. The molecule has 8 heteroatoms. The Balaban J connectivity index is 1.95. The zero-order valence-electron chi connectivity index (χ0n) is 15.7. The number of ether oxygens (including phenoxy) is 2. The van der Waals surface area contributed by atoms with E-state index in [9.17, 15) is 13.2 Å². The number of rotatable bonds is 8. The molecule has 1 saturated heterocycles. The molecule has 0 radical (unpaired) electrons. The van der Waals surface area contributed by atoms with Gasteiger partial charge in [-0.1, -0.05) is 0 Å². The van der Waals surface area contributed by atoms with Crippen LogP contribution in [0.15, 0.2) is 23.1 Å². The van der Waals surface area contributed by atoms with Gasteiger partial charge in [-0.2, -0.15) is 4.31 Å². The summed E-state index contributed by atoms with van der Waals surface area (Å²) in [6.45, 7) is 3.65. The van der Waals surface area contributed by atoms with E-state index >= 15 is 0 Å². The Hall–Kier alpha value is -1.64. The van der Waals surface area contributed by atoms with E-state index in [1.807, 2.05) is 0 Å². The molecule has 1 fully saturated rings. The number of hydrogen-bond donors (Lipinski definition) is 1. The van der Waals surface area contributed by atoms with E-state index < -0.39 is 10.0 Å². The minimum absolute atomic E-state index is 0.00113. The Morgan fingerprint density at radius 1 is 1.27 bits per heavy atom. The molecule has 146 valence electrons. The Kier molecular flexibility index (Phi) is 7.43. The summed E-state index contributed by atoms with van der Waals surface area (Å²) in [4.78, 5) is 12.5. The minimum atomic E-state index is -3.56. The van der Waals surface area contributed by atoms with Gasteiger partial charge in [-0.05, 0) is 49.9 Å². The number of piperidine rings is 1. The lowest BCUT2D eigenvalue weighted by molar-refractivity contribution is -0.126. The Morgan fingerprint density at radius 2 is 1.96 bits per heavy atom. The third-order valence-corrected chi connectivity index (χ3v) is 6.71. The molecule has 1 N–H and O–H groups in total. The number of carbonyl (C=O) groups is 1. The number of hydrogen-bond acceptors (Lipinski definition) is 5. The molecule has 1 aromatic carbocycles. The van der Waals surface area contributed by atoms with Crippen molar-refractivity contribution >= 4 is 15.9 Å². The van der Waals surface area contributed by atoms with Crippen LogP contribution < -0.4 is 10.1 Å². The van der Waals surface area contributed by atoms with Gasteiger partial charge in [-0.3, -0.25) is 4.79 Å². The van der Waals surface area contributed by atoms with E-state index in [1.165, 1.54) is 4.31 Å². The highest BCUT2D eigenvalue weighted by atomic mass is 32.2. The molecule has 0 aliphatic carbocycles. The van der Waals surface area contributed by atoms with Crippen LogP contribution in [0.4, 0.5) is 0 Å². The monoisotopic (exact) mass is 384 g/mol. The van der Waals surface area contributed by atoms with Crippen LogP contribution in [0.3, 0.4) is 0 Å². The van der Waals surface area contributed by atoms with E-state index in [1.54, 1.807) is 39.3 Å². The van der Waals surface area contributed by atoms with Crippen LogP contribution in [-0.4, -0.2) is 59.1 Å². The van der Waals surface area contributed by atoms with Crippen LogP contribution in [-0.2, 0) is 19.6 Å². The summed E-state index contributed by atoms with van der Waals surface area (Å²) in [6, 6.07) is 4.95. The lowest BCUT2D eigenvalue weighted by atomic mass is 9.97. The van der Waals surface area contributed by atoms with E-state index in [-0.39, 0.29) is 11.8 Å². The van der Waals surface area contributed by atoms with Crippen LogP contribution in [0.1, 0.15) is 24.8 Å². The van der Waals surface area contributed by atoms with Crippen molar-refractivity contribution in [1.29, 1.82) is 0 Å². The van der Waals surface area contributed by atoms with Crippen molar-refractivity contribution in [2.24, 2.45) is 5.92 Å². The average Bonchev–Trinajstić information content (AvgIpc) is 2.64. The molecule has 0 bridgehead atoms. The molecule has 1 aliphatic rings. The minimum Gasteiger partial charge on any atom is -0.497 e. The smallest absolute Gasteiger partial charge is 0.243 e. The molecular formula is C18H28N2O5S. The molecule has 0 spiro atoms. The lowest BCUT2D eigenvalue weighted by Crippen LogP contribution is -2.43. The van der Waals surface area contributed by atoms with Gasteiger partial charge in [-0.15, -0.1) is 0 Å². The quantitative estimate of drug-likeness (QED) is 0.688. The van der Waals surface area contributed by atoms with E-state index in [4.69, 9.17) is 9.47 Å². The van der Waals surface area contributed by atoms with E-state index in [0.29, 0.717) is 55.3 Å². The van der Waals surface area contributed by atoms with E-state index in [0.717, 1.165) is 6.42 Å². The van der Waals surface area contributed by atoms with Crippen LogP contribution in [0.2, 0.25) is 0 Å². The number of nitrogens with one attached hydrogen (secondary N) is 1. The lowest BCUT2D eigenvalue weighted by Gasteiger charge is -2.31. The van der Waals surface area contributed by atoms with Crippen LogP contribution in [0, 0.1) is 12.8 Å². The van der Waals surface area contributed by atoms with E-state index in [2.05, 4.69) is 5.32 Å². The molecule has 1 amide bonds.